The van der Waals surface area contributed by atoms with Crippen LogP contribution >= 0.6 is 0 Å². The van der Waals surface area contributed by atoms with Gasteiger partial charge in [-0.15, -0.1) is 0 Å². The molecule has 1 amide bonds. The number of aryl methyl sites for hydroxylation is 1. The summed E-state index contributed by atoms with van der Waals surface area (Å²) < 4.78 is 31.1. The molecule has 4 aromatic rings. The molecule has 0 spiro atoms. The summed E-state index contributed by atoms with van der Waals surface area (Å²) in [6.45, 7) is 5.14. The highest BCUT2D eigenvalue weighted by Gasteiger charge is 2.24. The fourth-order valence-electron chi connectivity index (χ4n) is 4.29. The number of nitrogens with one attached hydrogen (secondary N) is 2. The number of rotatable bonds is 9. The number of amides is 1. The van der Waals surface area contributed by atoms with Crippen LogP contribution in [0.5, 0.6) is 0 Å². The Morgan fingerprint density at radius 2 is 1.62 bits per heavy atom. The van der Waals surface area contributed by atoms with Gasteiger partial charge < -0.3 is 14.8 Å². The summed E-state index contributed by atoms with van der Waals surface area (Å²) in [5.41, 5.74) is 3.60. The van der Waals surface area contributed by atoms with Crippen LogP contribution in [-0.4, -0.2) is 37.3 Å². The number of hydrogen-bond donors (Lipinski definition) is 3. The standard InChI is InChI=1S/C29H27N3O6S/c1-17(2)26(29(34)35)31-16-39(36,37)23-13-9-20(10-14-23)19-7-11-22(12-8-19)32-28(33)27-18(3)25-21(15-30)5-4-6-24(25)38-27/h4-14,17,26,31H,16H2,1-3H3,(H,32,33)(H,34,35). The van der Waals surface area contributed by atoms with Crippen molar-refractivity contribution in [3.8, 4) is 17.2 Å². The number of hydrogen-bond acceptors (Lipinski definition) is 7. The molecule has 1 atom stereocenters. The van der Waals surface area contributed by atoms with Gasteiger partial charge in [0, 0.05) is 16.6 Å². The van der Waals surface area contributed by atoms with Crippen molar-refractivity contribution in [2.75, 3.05) is 11.2 Å². The topological polar surface area (TPSA) is 150 Å². The van der Waals surface area contributed by atoms with Gasteiger partial charge in [-0.2, -0.15) is 5.26 Å². The number of furan rings is 1. The molecule has 1 aromatic heterocycles. The van der Waals surface area contributed by atoms with E-state index in [1.165, 1.54) is 12.1 Å². The number of nitriles is 1. The van der Waals surface area contributed by atoms with E-state index < -0.39 is 33.6 Å². The van der Waals surface area contributed by atoms with Gasteiger partial charge in [0.2, 0.25) is 0 Å². The fraction of sp³-hybridized carbons (Fsp3) is 0.207. The molecule has 1 heterocycles. The van der Waals surface area contributed by atoms with Gasteiger partial charge in [-0.25, -0.2) is 8.42 Å². The first-order valence-corrected chi connectivity index (χ1v) is 13.8. The number of fused-ring (bicyclic) bond motifs is 1. The summed E-state index contributed by atoms with van der Waals surface area (Å²) in [4.78, 5) is 24.3. The molecule has 10 heteroatoms. The zero-order valence-corrected chi connectivity index (χ0v) is 22.4. The Kier molecular flexibility index (Phi) is 7.85. The second-order valence-corrected chi connectivity index (χ2v) is 11.4. The van der Waals surface area contributed by atoms with E-state index in [0.717, 1.165) is 11.1 Å². The molecular formula is C29H27N3O6S. The Hall–Kier alpha value is -4.46. The zero-order chi connectivity index (χ0) is 28.3. The van der Waals surface area contributed by atoms with E-state index >= 15 is 0 Å². The first kappa shape index (κ1) is 27.6. The van der Waals surface area contributed by atoms with Crippen molar-refractivity contribution in [1.29, 1.82) is 5.26 Å². The van der Waals surface area contributed by atoms with E-state index in [2.05, 4.69) is 16.7 Å². The molecule has 0 radical (unpaired) electrons. The van der Waals surface area contributed by atoms with Gasteiger partial charge in [0.15, 0.2) is 15.6 Å². The lowest BCUT2D eigenvalue weighted by atomic mass is 10.1. The Balaban J connectivity index is 1.45. The van der Waals surface area contributed by atoms with Gasteiger partial charge in [0.25, 0.3) is 5.91 Å². The van der Waals surface area contributed by atoms with Crippen molar-refractivity contribution < 1.29 is 27.5 Å². The Bertz CT molecular complexity index is 1680. The van der Waals surface area contributed by atoms with E-state index in [1.807, 2.05) is 0 Å². The molecule has 3 aromatic carbocycles. The van der Waals surface area contributed by atoms with Crippen LogP contribution in [0.15, 0.2) is 76.0 Å². The number of carbonyl (C=O) groups excluding carboxylic acids is 1. The molecular weight excluding hydrogens is 518 g/mol. The second-order valence-electron chi connectivity index (χ2n) is 9.43. The number of carboxylic acids is 1. The summed E-state index contributed by atoms with van der Waals surface area (Å²) in [5.74, 6) is -2.17. The minimum Gasteiger partial charge on any atom is -0.480 e. The Morgan fingerprint density at radius 3 is 2.18 bits per heavy atom. The predicted octanol–water partition coefficient (Wildman–Crippen LogP) is 4.96. The van der Waals surface area contributed by atoms with Crippen LogP contribution in [0, 0.1) is 24.2 Å². The molecule has 0 bridgehead atoms. The number of carboxylic acid groups (broad SMARTS) is 1. The Labute approximate surface area is 226 Å². The maximum Gasteiger partial charge on any atom is 0.320 e. The molecule has 0 aliphatic rings. The van der Waals surface area contributed by atoms with Crippen LogP contribution in [-0.2, 0) is 14.6 Å². The molecule has 0 aliphatic heterocycles. The van der Waals surface area contributed by atoms with Crippen molar-refractivity contribution >= 4 is 38.4 Å². The number of anilines is 1. The highest BCUT2D eigenvalue weighted by molar-refractivity contribution is 7.91. The summed E-state index contributed by atoms with van der Waals surface area (Å²) >= 11 is 0. The number of sulfone groups is 1. The third kappa shape index (κ3) is 5.85. The van der Waals surface area contributed by atoms with E-state index in [0.29, 0.717) is 27.8 Å². The van der Waals surface area contributed by atoms with Gasteiger partial charge in [-0.05, 0) is 60.4 Å². The van der Waals surface area contributed by atoms with Crippen LogP contribution in [0.3, 0.4) is 0 Å². The molecule has 3 N–H and O–H groups in total. The number of aliphatic carboxylic acids is 1. The molecule has 0 saturated carbocycles. The van der Waals surface area contributed by atoms with Crippen molar-refractivity contribution in [1.82, 2.24) is 5.32 Å². The third-order valence-electron chi connectivity index (χ3n) is 6.40. The van der Waals surface area contributed by atoms with Crippen LogP contribution in [0.25, 0.3) is 22.1 Å². The fourth-order valence-corrected chi connectivity index (χ4v) is 5.41. The van der Waals surface area contributed by atoms with Crippen LogP contribution in [0.4, 0.5) is 5.69 Å². The smallest absolute Gasteiger partial charge is 0.320 e. The Morgan fingerprint density at radius 1 is 1.00 bits per heavy atom. The van der Waals surface area contributed by atoms with Crippen molar-refractivity contribution in [3.63, 3.8) is 0 Å². The summed E-state index contributed by atoms with van der Waals surface area (Å²) in [5, 5.41) is 24.6. The number of carbonyl (C=O) groups is 2. The van der Waals surface area contributed by atoms with E-state index in [-0.39, 0.29) is 16.6 Å². The summed E-state index contributed by atoms with van der Waals surface area (Å²) in [7, 11) is -3.73. The zero-order valence-electron chi connectivity index (χ0n) is 21.6. The van der Waals surface area contributed by atoms with Crippen LogP contribution in [0.1, 0.15) is 35.5 Å². The molecule has 200 valence electrons. The second kappa shape index (κ2) is 11.1. The predicted molar refractivity (Wildman–Crippen MR) is 147 cm³/mol. The minimum atomic E-state index is -3.73. The lowest BCUT2D eigenvalue weighted by Gasteiger charge is -2.18. The molecule has 0 aliphatic carbocycles. The molecule has 0 fully saturated rings. The highest BCUT2D eigenvalue weighted by atomic mass is 32.2. The molecule has 9 nitrogen and oxygen atoms in total. The monoisotopic (exact) mass is 545 g/mol. The third-order valence-corrected chi connectivity index (χ3v) is 7.93. The van der Waals surface area contributed by atoms with E-state index in [1.54, 1.807) is 75.4 Å². The van der Waals surface area contributed by atoms with Gasteiger partial charge in [-0.3, -0.25) is 14.9 Å². The van der Waals surface area contributed by atoms with Gasteiger partial charge in [0.1, 0.15) is 17.5 Å². The molecule has 4 rings (SSSR count). The average molecular weight is 546 g/mol. The average Bonchev–Trinajstić information content (AvgIpc) is 3.25. The van der Waals surface area contributed by atoms with E-state index in [9.17, 15) is 28.4 Å². The first-order valence-electron chi connectivity index (χ1n) is 12.1. The van der Waals surface area contributed by atoms with Crippen LogP contribution in [0.2, 0.25) is 0 Å². The lowest BCUT2D eigenvalue weighted by Crippen LogP contribution is -2.43. The molecule has 0 saturated heterocycles. The first-order chi connectivity index (χ1) is 18.5. The maximum atomic E-state index is 12.9. The summed E-state index contributed by atoms with van der Waals surface area (Å²) in [6.07, 6.45) is 0. The normalized spacial score (nSPS) is 12.3. The molecule has 39 heavy (non-hydrogen) atoms. The van der Waals surface area contributed by atoms with Crippen molar-refractivity contribution in [2.45, 2.75) is 31.7 Å². The quantitative estimate of drug-likeness (QED) is 0.267. The number of benzene rings is 3. The van der Waals surface area contributed by atoms with Gasteiger partial charge in [0.05, 0.1) is 16.5 Å². The van der Waals surface area contributed by atoms with Gasteiger partial charge >= 0.3 is 5.97 Å². The highest BCUT2D eigenvalue weighted by Crippen LogP contribution is 2.29. The van der Waals surface area contributed by atoms with E-state index in [4.69, 9.17) is 4.42 Å². The number of nitrogens with zero attached hydrogens (tertiary/aromatic N) is 1. The van der Waals surface area contributed by atoms with Crippen LogP contribution < -0.4 is 10.6 Å². The van der Waals surface area contributed by atoms with Crippen molar-refractivity contribution in [2.24, 2.45) is 5.92 Å². The van der Waals surface area contributed by atoms with Gasteiger partial charge in [-0.1, -0.05) is 44.2 Å². The lowest BCUT2D eigenvalue weighted by molar-refractivity contribution is -0.140. The SMILES string of the molecule is Cc1c(C(=O)Nc2ccc(-c3ccc(S(=O)(=O)CNC(C(=O)O)C(C)C)cc3)cc2)oc2cccc(C#N)c12. The minimum absolute atomic E-state index is 0.0799. The maximum absolute atomic E-state index is 12.9. The largest absolute Gasteiger partial charge is 0.480 e. The van der Waals surface area contributed by atoms with Crippen molar-refractivity contribution in [3.05, 3.63) is 83.6 Å². The molecule has 1 unspecified atom stereocenters. The summed E-state index contributed by atoms with van der Waals surface area (Å²) in [6, 6.07) is 19.5.